The molecule has 1 aromatic carbocycles. The van der Waals surface area contributed by atoms with Gasteiger partial charge in [0.15, 0.2) is 0 Å². The molecular formula is C18H27N3. The fraction of sp³-hybridized carbons (Fsp3) is 0.667. The molecule has 0 amide bonds. The molecule has 0 aromatic heterocycles. The second-order valence-electron chi connectivity index (χ2n) is 6.94. The second-order valence-corrected chi connectivity index (χ2v) is 6.94. The summed E-state index contributed by atoms with van der Waals surface area (Å²) in [5.74, 6) is 0.718. The van der Waals surface area contributed by atoms with Crippen molar-refractivity contribution in [3.63, 3.8) is 0 Å². The lowest BCUT2D eigenvalue weighted by atomic mass is 9.90. The highest BCUT2D eigenvalue weighted by Gasteiger charge is 2.30. The number of anilines is 1. The third-order valence-electron chi connectivity index (χ3n) is 5.58. The van der Waals surface area contributed by atoms with Gasteiger partial charge in [-0.1, -0.05) is 18.2 Å². The highest BCUT2D eigenvalue weighted by molar-refractivity contribution is 5.54. The van der Waals surface area contributed by atoms with Crippen LogP contribution in [0.2, 0.25) is 0 Å². The van der Waals surface area contributed by atoms with E-state index in [4.69, 9.17) is 0 Å². The molecule has 3 nitrogen and oxygen atoms in total. The molecule has 4 rings (SSSR count). The van der Waals surface area contributed by atoms with Crippen LogP contribution in [0.25, 0.3) is 0 Å². The van der Waals surface area contributed by atoms with Crippen molar-refractivity contribution in [2.24, 2.45) is 0 Å². The Morgan fingerprint density at radius 1 is 1.05 bits per heavy atom. The first-order valence-electron chi connectivity index (χ1n) is 8.69. The molecule has 114 valence electrons. The Labute approximate surface area is 128 Å². The van der Waals surface area contributed by atoms with E-state index in [1.54, 1.807) is 0 Å². The third kappa shape index (κ3) is 2.82. The minimum atomic E-state index is 0.718. The largest absolute Gasteiger partial charge is 0.385 e. The van der Waals surface area contributed by atoms with Crippen molar-refractivity contribution in [1.29, 1.82) is 0 Å². The maximum atomic E-state index is 3.55. The molecule has 0 bridgehead atoms. The zero-order valence-corrected chi connectivity index (χ0v) is 12.9. The molecule has 0 spiro atoms. The number of benzene rings is 1. The minimum absolute atomic E-state index is 0.718. The Bertz CT molecular complexity index is 487. The highest BCUT2D eigenvalue weighted by Crippen LogP contribution is 2.32. The van der Waals surface area contributed by atoms with Crippen LogP contribution >= 0.6 is 0 Å². The number of fused-ring (bicyclic) bond motifs is 2. The Morgan fingerprint density at radius 2 is 1.95 bits per heavy atom. The first-order chi connectivity index (χ1) is 10.4. The van der Waals surface area contributed by atoms with Gasteiger partial charge in [0.05, 0.1) is 0 Å². The van der Waals surface area contributed by atoms with Crippen LogP contribution in [0.15, 0.2) is 24.3 Å². The third-order valence-corrected chi connectivity index (χ3v) is 5.58. The Hall–Kier alpha value is -1.06. The molecule has 0 aliphatic carbocycles. The van der Waals surface area contributed by atoms with Gasteiger partial charge in [0.1, 0.15) is 0 Å². The first kappa shape index (κ1) is 13.6. The number of rotatable bonds is 2. The fourth-order valence-electron chi connectivity index (χ4n) is 4.50. The highest BCUT2D eigenvalue weighted by atomic mass is 15.3. The average molecular weight is 285 g/mol. The number of nitrogens with zero attached hydrogens (tertiary/aromatic N) is 2. The zero-order chi connectivity index (χ0) is 14.1. The smallest absolute Gasteiger partial charge is 0.0376 e. The van der Waals surface area contributed by atoms with Crippen LogP contribution in [-0.4, -0.2) is 55.1 Å². The van der Waals surface area contributed by atoms with Crippen LogP contribution in [0.1, 0.15) is 37.2 Å². The first-order valence-corrected chi connectivity index (χ1v) is 8.69. The summed E-state index contributed by atoms with van der Waals surface area (Å²) in [5.41, 5.74) is 2.90. The quantitative estimate of drug-likeness (QED) is 0.901. The van der Waals surface area contributed by atoms with Gasteiger partial charge in [-0.05, 0) is 56.9 Å². The maximum Gasteiger partial charge on any atom is 0.0376 e. The van der Waals surface area contributed by atoms with Crippen molar-refractivity contribution in [2.45, 2.75) is 37.6 Å². The molecule has 0 saturated carbocycles. The lowest BCUT2D eigenvalue weighted by Gasteiger charge is -2.32. The minimum Gasteiger partial charge on any atom is -0.385 e. The van der Waals surface area contributed by atoms with Gasteiger partial charge in [-0.15, -0.1) is 0 Å². The maximum absolute atomic E-state index is 3.55. The molecule has 3 heteroatoms. The summed E-state index contributed by atoms with van der Waals surface area (Å²) in [4.78, 5) is 5.49. The fourth-order valence-corrected chi connectivity index (χ4v) is 4.50. The summed E-state index contributed by atoms with van der Waals surface area (Å²) < 4.78 is 0. The molecule has 3 aliphatic rings. The van der Waals surface area contributed by atoms with Crippen LogP contribution < -0.4 is 5.32 Å². The summed E-state index contributed by atoms with van der Waals surface area (Å²) in [6.07, 6.45) is 5.46. The SMILES string of the molecule is c1ccc2c(c1)NCCC2CN1CCCN2CCCC2C1. The van der Waals surface area contributed by atoms with E-state index in [2.05, 4.69) is 39.4 Å². The molecule has 21 heavy (non-hydrogen) atoms. The van der Waals surface area contributed by atoms with Crippen LogP contribution in [0.4, 0.5) is 5.69 Å². The van der Waals surface area contributed by atoms with Gasteiger partial charge in [0, 0.05) is 37.3 Å². The van der Waals surface area contributed by atoms with Gasteiger partial charge in [0.2, 0.25) is 0 Å². The molecule has 2 unspecified atom stereocenters. The van der Waals surface area contributed by atoms with E-state index in [0.29, 0.717) is 0 Å². The number of para-hydroxylation sites is 1. The molecule has 3 aliphatic heterocycles. The number of nitrogens with one attached hydrogen (secondary N) is 1. The van der Waals surface area contributed by atoms with Gasteiger partial charge < -0.3 is 10.2 Å². The lowest BCUT2D eigenvalue weighted by Crippen LogP contribution is -2.39. The van der Waals surface area contributed by atoms with Crippen LogP contribution in [0.5, 0.6) is 0 Å². The normalized spacial score (nSPS) is 30.3. The van der Waals surface area contributed by atoms with Gasteiger partial charge in [0.25, 0.3) is 0 Å². The van der Waals surface area contributed by atoms with E-state index in [-0.39, 0.29) is 0 Å². The van der Waals surface area contributed by atoms with Gasteiger partial charge >= 0.3 is 0 Å². The van der Waals surface area contributed by atoms with Crippen molar-refractivity contribution in [3.8, 4) is 0 Å². The Balaban J connectivity index is 1.46. The van der Waals surface area contributed by atoms with Gasteiger partial charge in [-0.25, -0.2) is 0 Å². The number of hydrogen-bond acceptors (Lipinski definition) is 3. The van der Waals surface area contributed by atoms with E-state index in [1.165, 1.54) is 69.7 Å². The summed E-state index contributed by atoms with van der Waals surface area (Å²) in [6.45, 7) is 7.64. The molecule has 3 heterocycles. The van der Waals surface area contributed by atoms with Crippen LogP contribution in [-0.2, 0) is 0 Å². The zero-order valence-electron chi connectivity index (χ0n) is 12.9. The monoisotopic (exact) mass is 285 g/mol. The predicted molar refractivity (Wildman–Crippen MR) is 87.9 cm³/mol. The van der Waals surface area contributed by atoms with Crippen molar-refractivity contribution in [2.75, 3.05) is 44.6 Å². The predicted octanol–water partition coefficient (Wildman–Crippen LogP) is 2.76. The topological polar surface area (TPSA) is 18.5 Å². The molecule has 2 fully saturated rings. The molecule has 1 N–H and O–H groups in total. The summed E-state index contributed by atoms with van der Waals surface area (Å²) in [7, 11) is 0. The van der Waals surface area contributed by atoms with E-state index < -0.39 is 0 Å². The molecule has 1 aromatic rings. The Morgan fingerprint density at radius 3 is 2.95 bits per heavy atom. The lowest BCUT2D eigenvalue weighted by molar-refractivity contribution is 0.210. The van der Waals surface area contributed by atoms with Crippen molar-refractivity contribution >= 4 is 5.69 Å². The van der Waals surface area contributed by atoms with E-state index in [9.17, 15) is 0 Å². The molecule has 2 atom stereocenters. The van der Waals surface area contributed by atoms with Gasteiger partial charge in [-0.3, -0.25) is 4.90 Å². The van der Waals surface area contributed by atoms with Crippen molar-refractivity contribution in [1.82, 2.24) is 9.80 Å². The summed E-state index contributed by atoms with van der Waals surface area (Å²) in [5, 5.41) is 3.55. The number of hydrogen-bond donors (Lipinski definition) is 1. The second kappa shape index (κ2) is 5.98. The summed E-state index contributed by atoms with van der Waals surface area (Å²) >= 11 is 0. The standard InChI is InChI=1S/C18H27N3/c1-2-7-18-17(6-1)15(8-9-19-18)13-20-10-4-12-21-11-3-5-16(21)14-20/h1-2,6-7,15-16,19H,3-5,8-14H2. The van der Waals surface area contributed by atoms with E-state index in [1.807, 2.05) is 0 Å². The van der Waals surface area contributed by atoms with Crippen LogP contribution in [0, 0.1) is 0 Å². The van der Waals surface area contributed by atoms with E-state index >= 15 is 0 Å². The summed E-state index contributed by atoms with van der Waals surface area (Å²) in [6, 6.07) is 9.75. The molecular weight excluding hydrogens is 258 g/mol. The van der Waals surface area contributed by atoms with Crippen molar-refractivity contribution in [3.05, 3.63) is 29.8 Å². The molecule has 0 radical (unpaired) electrons. The Kier molecular flexibility index (Phi) is 3.87. The average Bonchev–Trinajstić information content (AvgIpc) is 2.86. The molecule has 2 saturated heterocycles. The van der Waals surface area contributed by atoms with Crippen LogP contribution in [0.3, 0.4) is 0 Å². The van der Waals surface area contributed by atoms with E-state index in [0.717, 1.165) is 18.5 Å². The van der Waals surface area contributed by atoms with Crippen molar-refractivity contribution < 1.29 is 0 Å². The van der Waals surface area contributed by atoms with Gasteiger partial charge in [-0.2, -0.15) is 0 Å².